The van der Waals surface area contributed by atoms with Gasteiger partial charge in [0.25, 0.3) is 0 Å². The number of thioether (sulfide) groups is 1. The number of benzene rings is 1. The van der Waals surface area contributed by atoms with Crippen LogP contribution in [-0.4, -0.2) is 21.2 Å². The van der Waals surface area contributed by atoms with Crippen molar-refractivity contribution in [3.05, 3.63) is 41.3 Å². The van der Waals surface area contributed by atoms with Gasteiger partial charge in [0.05, 0.1) is 11.3 Å². The lowest BCUT2D eigenvalue weighted by Crippen LogP contribution is -1.97. The van der Waals surface area contributed by atoms with Crippen LogP contribution in [0.3, 0.4) is 0 Å². The van der Waals surface area contributed by atoms with Crippen LogP contribution in [0.2, 0.25) is 0 Å². The zero-order valence-electron chi connectivity index (χ0n) is 11.0. The maximum absolute atomic E-state index is 13.6. The number of rotatable bonds is 5. The van der Waals surface area contributed by atoms with Crippen molar-refractivity contribution in [1.82, 2.24) is 10.1 Å². The van der Waals surface area contributed by atoms with Gasteiger partial charge in [0.15, 0.2) is 5.82 Å². The number of carbonyl (C=O) groups is 1. The van der Waals surface area contributed by atoms with Crippen molar-refractivity contribution in [2.24, 2.45) is 0 Å². The van der Waals surface area contributed by atoms with Gasteiger partial charge in [0.1, 0.15) is 5.82 Å². The number of carboxylic acid groups (broad SMARTS) is 1. The maximum Gasteiger partial charge on any atom is 0.335 e. The molecule has 1 heterocycles. The summed E-state index contributed by atoms with van der Waals surface area (Å²) in [6, 6.07) is 3.66. The molecule has 1 aromatic heterocycles. The molecule has 106 valence electrons. The van der Waals surface area contributed by atoms with Gasteiger partial charge in [0.2, 0.25) is 5.89 Å². The van der Waals surface area contributed by atoms with Gasteiger partial charge < -0.3 is 9.63 Å². The molecule has 0 aliphatic carbocycles. The van der Waals surface area contributed by atoms with E-state index < -0.39 is 11.8 Å². The molecule has 1 aromatic carbocycles. The van der Waals surface area contributed by atoms with Crippen molar-refractivity contribution in [1.29, 1.82) is 0 Å². The van der Waals surface area contributed by atoms with E-state index in [1.807, 2.05) is 13.8 Å². The number of hydrogen-bond donors (Lipinski definition) is 1. The van der Waals surface area contributed by atoms with Crippen molar-refractivity contribution in [3.8, 4) is 0 Å². The Bertz CT molecular complexity index is 628. The molecule has 0 atom stereocenters. The second-order valence-corrected chi connectivity index (χ2v) is 5.46. The lowest BCUT2D eigenvalue weighted by molar-refractivity contribution is 0.0696. The molecule has 0 aliphatic rings. The molecule has 0 aliphatic heterocycles. The number of nitrogens with zero attached hydrogens (tertiary/aromatic N) is 2. The standard InChI is InChI=1S/C13H13FN2O3S/c1-7(2)12-15-11(19-16-12)6-20-10-5-8(13(17)18)3-4-9(10)14/h3-5,7H,6H2,1-2H3,(H,17,18). The highest BCUT2D eigenvalue weighted by Crippen LogP contribution is 2.26. The average Bonchev–Trinajstić information content (AvgIpc) is 2.86. The normalized spacial score (nSPS) is 11.0. The van der Waals surface area contributed by atoms with Crippen molar-refractivity contribution >= 4 is 17.7 Å². The van der Waals surface area contributed by atoms with E-state index >= 15 is 0 Å². The van der Waals surface area contributed by atoms with Crippen LogP contribution in [-0.2, 0) is 5.75 Å². The fraction of sp³-hybridized carbons (Fsp3) is 0.308. The van der Waals surface area contributed by atoms with Crippen molar-refractivity contribution in [2.75, 3.05) is 0 Å². The number of hydrogen-bond acceptors (Lipinski definition) is 5. The lowest BCUT2D eigenvalue weighted by atomic mass is 10.2. The summed E-state index contributed by atoms with van der Waals surface area (Å²) in [5.41, 5.74) is 0.0438. The molecule has 0 spiro atoms. The third kappa shape index (κ3) is 3.36. The summed E-state index contributed by atoms with van der Waals surface area (Å²) in [7, 11) is 0. The Morgan fingerprint density at radius 1 is 1.50 bits per heavy atom. The first-order chi connectivity index (χ1) is 9.47. The van der Waals surface area contributed by atoms with Gasteiger partial charge in [0, 0.05) is 10.8 Å². The number of carboxylic acids is 1. The van der Waals surface area contributed by atoms with E-state index in [0.29, 0.717) is 17.5 Å². The molecule has 0 bridgehead atoms. The topological polar surface area (TPSA) is 76.2 Å². The van der Waals surface area contributed by atoms with Crippen LogP contribution in [0.1, 0.15) is 41.8 Å². The summed E-state index contributed by atoms with van der Waals surface area (Å²) < 4.78 is 18.6. The van der Waals surface area contributed by atoms with Crippen LogP contribution < -0.4 is 0 Å². The van der Waals surface area contributed by atoms with E-state index in [2.05, 4.69) is 10.1 Å². The predicted molar refractivity (Wildman–Crippen MR) is 71.3 cm³/mol. The first-order valence-electron chi connectivity index (χ1n) is 5.95. The summed E-state index contributed by atoms with van der Waals surface area (Å²) in [5.74, 6) is -0.126. The first-order valence-corrected chi connectivity index (χ1v) is 6.94. The van der Waals surface area contributed by atoms with Gasteiger partial charge in [-0.2, -0.15) is 4.98 Å². The fourth-order valence-electron chi connectivity index (χ4n) is 1.45. The zero-order chi connectivity index (χ0) is 14.7. The molecular formula is C13H13FN2O3S. The molecule has 0 unspecified atom stereocenters. The Labute approximate surface area is 119 Å². The fourth-order valence-corrected chi connectivity index (χ4v) is 2.26. The van der Waals surface area contributed by atoms with Crippen LogP contribution in [0.15, 0.2) is 27.6 Å². The van der Waals surface area contributed by atoms with E-state index in [1.54, 1.807) is 0 Å². The first kappa shape index (κ1) is 14.5. The molecule has 7 heteroatoms. The van der Waals surface area contributed by atoms with Gasteiger partial charge in [-0.3, -0.25) is 0 Å². The summed E-state index contributed by atoms with van der Waals surface area (Å²) in [6.45, 7) is 3.88. The summed E-state index contributed by atoms with van der Waals surface area (Å²) in [4.78, 5) is 15.3. The molecule has 5 nitrogen and oxygen atoms in total. The van der Waals surface area contributed by atoms with Gasteiger partial charge in [-0.1, -0.05) is 19.0 Å². The number of aromatic carboxylic acids is 1. The quantitative estimate of drug-likeness (QED) is 0.853. The van der Waals surface area contributed by atoms with Gasteiger partial charge >= 0.3 is 5.97 Å². The molecule has 2 rings (SSSR count). The van der Waals surface area contributed by atoms with E-state index in [1.165, 1.54) is 12.1 Å². The van der Waals surface area contributed by atoms with E-state index in [4.69, 9.17) is 9.63 Å². The molecule has 0 saturated heterocycles. The highest BCUT2D eigenvalue weighted by atomic mass is 32.2. The average molecular weight is 296 g/mol. The molecule has 0 radical (unpaired) electrons. The van der Waals surface area contributed by atoms with Crippen LogP contribution in [0.25, 0.3) is 0 Å². The third-order valence-electron chi connectivity index (χ3n) is 2.53. The zero-order valence-corrected chi connectivity index (χ0v) is 11.8. The minimum absolute atomic E-state index is 0.0438. The Hall–Kier alpha value is -1.89. The summed E-state index contributed by atoms with van der Waals surface area (Å²) in [6.07, 6.45) is 0. The van der Waals surface area contributed by atoms with Gasteiger partial charge in [-0.05, 0) is 18.2 Å². The molecule has 2 aromatic rings. The van der Waals surface area contributed by atoms with Gasteiger partial charge in [-0.15, -0.1) is 11.8 Å². The molecule has 0 fully saturated rings. The van der Waals surface area contributed by atoms with E-state index in [9.17, 15) is 9.18 Å². The maximum atomic E-state index is 13.6. The highest BCUT2D eigenvalue weighted by Gasteiger charge is 2.13. The van der Waals surface area contributed by atoms with Crippen LogP contribution in [0.5, 0.6) is 0 Å². The largest absolute Gasteiger partial charge is 0.478 e. The van der Waals surface area contributed by atoms with Crippen LogP contribution in [0.4, 0.5) is 4.39 Å². The Balaban J connectivity index is 2.09. The molecular weight excluding hydrogens is 283 g/mol. The van der Waals surface area contributed by atoms with E-state index in [0.717, 1.165) is 17.8 Å². The Kier molecular flexibility index (Phi) is 4.39. The highest BCUT2D eigenvalue weighted by molar-refractivity contribution is 7.98. The van der Waals surface area contributed by atoms with Gasteiger partial charge in [-0.25, -0.2) is 9.18 Å². The predicted octanol–water partition coefficient (Wildman–Crippen LogP) is 3.32. The van der Waals surface area contributed by atoms with Crippen molar-refractivity contribution < 1.29 is 18.8 Å². The molecule has 0 amide bonds. The number of aromatic nitrogens is 2. The van der Waals surface area contributed by atoms with Crippen LogP contribution in [0, 0.1) is 5.82 Å². The smallest absolute Gasteiger partial charge is 0.335 e. The molecule has 20 heavy (non-hydrogen) atoms. The Morgan fingerprint density at radius 3 is 2.85 bits per heavy atom. The third-order valence-corrected chi connectivity index (χ3v) is 3.54. The number of halogens is 1. The molecule has 0 saturated carbocycles. The van der Waals surface area contributed by atoms with E-state index in [-0.39, 0.29) is 16.4 Å². The second kappa shape index (κ2) is 6.04. The van der Waals surface area contributed by atoms with Crippen molar-refractivity contribution in [3.63, 3.8) is 0 Å². The van der Waals surface area contributed by atoms with Crippen LogP contribution >= 0.6 is 11.8 Å². The minimum atomic E-state index is -1.09. The summed E-state index contributed by atoms with van der Waals surface area (Å²) in [5, 5.41) is 12.7. The SMILES string of the molecule is CC(C)c1noc(CSc2cc(C(=O)O)ccc2F)n1. The second-order valence-electron chi connectivity index (χ2n) is 4.44. The lowest BCUT2D eigenvalue weighted by Gasteiger charge is -2.02. The summed E-state index contributed by atoms with van der Waals surface area (Å²) >= 11 is 1.12. The Morgan fingerprint density at radius 2 is 2.25 bits per heavy atom. The minimum Gasteiger partial charge on any atom is -0.478 e. The molecule has 1 N–H and O–H groups in total. The monoisotopic (exact) mass is 296 g/mol. The van der Waals surface area contributed by atoms with Crippen molar-refractivity contribution in [2.45, 2.75) is 30.4 Å².